The number of ether oxygens (including phenoxy) is 1. The van der Waals surface area contributed by atoms with E-state index in [4.69, 9.17) is 4.74 Å². The SMILES string of the molecule is BC/C(=C\CC)OC/C=C(C)/C=C/C=C(C)/C=C/C1=C(C)CCCC1(C)C. The quantitative estimate of drug-likeness (QED) is 0.245. The first-order valence-electron chi connectivity index (χ1n) is 10.5. The molecule has 0 radical (unpaired) electrons. The first-order chi connectivity index (χ1) is 12.8. The molecule has 0 unspecified atom stereocenters. The second-order valence-corrected chi connectivity index (χ2v) is 8.23. The van der Waals surface area contributed by atoms with Gasteiger partial charge in [-0.05, 0) is 75.9 Å². The van der Waals surface area contributed by atoms with Gasteiger partial charge in [-0.15, -0.1) is 0 Å². The molecule has 0 aromatic heterocycles. The van der Waals surface area contributed by atoms with Crippen molar-refractivity contribution in [2.24, 2.45) is 5.41 Å². The Labute approximate surface area is 169 Å². The third-order valence-corrected chi connectivity index (χ3v) is 5.23. The van der Waals surface area contributed by atoms with Gasteiger partial charge in [0, 0.05) is 0 Å². The van der Waals surface area contributed by atoms with Crippen molar-refractivity contribution in [3.8, 4) is 0 Å². The molecule has 0 N–H and O–H groups in total. The van der Waals surface area contributed by atoms with E-state index in [9.17, 15) is 0 Å². The van der Waals surface area contributed by atoms with Crippen LogP contribution in [0.1, 0.15) is 67.2 Å². The van der Waals surface area contributed by atoms with Gasteiger partial charge in [-0.1, -0.05) is 67.9 Å². The van der Waals surface area contributed by atoms with Gasteiger partial charge in [0.25, 0.3) is 0 Å². The van der Waals surface area contributed by atoms with Crippen LogP contribution in [-0.2, 0) is 4.74 Å². The van der Waals surface area contributed by atoms with Crippen LogP contribution in [-0.4, -0.2) is 14.5 Å². The van der Waals surface area contributed by atoms with E-state index < -0.39 is 0 Å². The van der Waals surface area contributed by atoms with Gasteiger partial charge in [0.2, 0.25) is 0 Å². The molecule has 0 heterocycles. The van der Waals surface area contributed by atoms with Gasteiger partial charge in [-0.3, -0.25) is 0 Å². The van der Waals surface area contributed by atoms with Gasteiger partial charge in [0.15, 0.2) is 0 Å². The minimum Gasteiger partial charge on any atom is -0.495 e. The maximum Gasteiger partial charge on any atom is 0.111 e. The lowest BCUT2D eigenvalue weighted by Gasteiger charge is -2.32. The number of allylic oxidation sites excluding steroid dienone is 11. The highest BCUT2D eigenvalue weighted by atomic mass is 16.5. The zero-order valence-electron chi connectivity index (χ0n) is 18.7. The molecular weight excluding hydrogens is 327 g/mol. The third kappa shape index (κ3) is 8.69. The Hall–Kier alpha value is -1.70. The summed E-state index contributed by atoms with van der Waals surface area (Å²) >= 11 is 0. The molecule has 0 fully saturated rings. The largest absolute Gasteiger partial charge is 0.495 e. The summed E-state index contributed by atoms with van der Waals surface area (Å²) in [5, 5.41) is 0. The van der Waals surface area contributed by atoms with Crippen LogP contribution in [0, 0.1) is 5.41 Å². The fourth-order valence-corrected chi connectivity index (χ4v) is 3.51. The molecule has 148 valence electrons. The summed E-state index contributed by atoms with van der Waals surface area (Å²) in [6.45, 7) is 14.1. The van der Waals surface area contributed by atoms with Crippen LogP contribution in [0.4, 0.5) is 0 Å². The normalized spacial score (nSPS) is 19.4. The van der Waals surface area contributed by atoms with Crippen LogP contribution in [0.15, 0.2) is 70.6 Å². The molecule has 27 heavy (non-hydrogen) atoms. The van der Waals surface area contributed by atoms with E-state index in [1.807, 2.05) is 0 Å². The van der Waals surface area contributed by atoms with Crippen molar-refractivity contribution in [2.75, 3.05) is 6.61 Å². The summed E-state index contributed by atoms with van der Waals surface area (Å²) < 4.78 is 5.78. The summed E-state index contributed by atoms with van der Waals surface area (Å²) in [4.78, 5) is 0. The molecule has 0 aliphatic heterocycles. The van der Waals surface area contributed by atoms with E-state index in [2.05, 4.69) is 91.9 Å². The van der Waals surface area contributed by atoms with Crippen LogP contribution in [0.5, 0.6) is 0 Å². The van der Waals surface area contributed by atoms with Gasteiger partial charge in [0.05, 0.1) is 5.76 Å². The van der Waals surface area contributed by atoms with E-state index in [1.54, 1.807) is 5.57 Å². The highest BCUT2D eigenvalue weighted by molar-refractivity contribution is 6.10. The Morgan fingerprint density at radius 3 is 2.52 bits per heavy atom. The number of hydrogen-bond acceptors (Lipinski definition) is 1. The second kappa shape index (κ2) is 11.9. The number of hydrogen-bond donors (Lipinski definition) is 0. The fourth-order valence-electron chi connectivity index (χ4n) is 3.51. The molecule has 1 aliphatic rings. The molecule has 0 bridgehead atoms. The maximum absolute atomic E-state index is 5.78. The predicted octanol–water partition coefficient (Wildman–Crippen LogP) is 6.88. The first-order valence-corrected chi connectivity index (χ1v) is 10.5. The van der Waals surface area contributed by atoms with E-state index in [1.165, 1.54) is 36.0 Å². The number of rotatable bonds is 9. The van der Waals surface area contributed by atoms with Crippen molar-refractivity contribution >= 4 is 7.85 Å². The van der Waals surface area contributed by atoms with Gasteiger partial charge in [-0.2, -0.15) is 0 Å². The average molecular weight is 366 g/mol. The van der Waals surface area contributed by atoms with Crippen LogP contribution in [0.3, 0.4) is 0 Å². The monoisotopic (exact) mass is 366 g/mol. The molecule has 0 saturated heterocycles. The van der Waals surface area contributed by atoms with E-state index in [-0.39, 0.29) is 0 Å². The lowest BCUT2D eigenvalue weighted by atomic mass is 9.72. The highest BCUT2D eigenvalue weighted by Crippen LogP contribution is 2.40. The first kappa shape index (κ1) is 23.3. The fraction of sp³-hybridized carbons (Fsp3) is 0.520. The van der Waals surface area contributed by atoms with Gasteiger partial charge in [0.1, 0.15) is 14.5 Å². The summed E-state index contributed by atoms with van der Waals surface area (Å²) in [5.41, 5.74) is 5.87. The molecule has 1 nitrogen and oxygen atoms in total. The van der Waals surface area contributed by atoms with E-state index >= 15 is 0 Å². The molecule has 0 aromatic carbocycles. The van der Waals surface area contributed by atoms with Crippen molar-refractivity contribution in [1.82, 2.24) is 0 Å². The zero-order valence-corrected chi connectivity index (χ0v) is 18.7. The molecule has 1 rings (SSSR count). The van der Waals surface area contributed by atoms with Crippen molar-refractivity contribution < 1.29 is 4.74 Å². The Kier molecular flexibility index (Phi) is 10.3. The van der Waals surface area contributed by atoms with Gasteiger partial charge >= 0.3 is 0 Å². The third-order valence-electron chi connectivity index (χ3n) is 5.23. The summed E-state index contributed by atoms with van der Waals surface area (Å²) in [6.07, 6.45) is 21.1. The summed E-state index contributed by atoms with van der Waals surface area (Å²) in [7, 11) is 2.13. The molecule has 2 heteroatoms. The minimum atomic E-state index is 0.303. The Balaban J connectivity index is 2.62. The standard InChI is InChI=1S/C25H39BO/c1-7-10-23(19-26)27-18-16-21(3)12-8-11-20(2)14-15-24-22(4)13-9-17-25(24,5)6/h8,10-12,14-16H,7,9,13,17-19,26H2,1-6H3/b12-8+,15-14+,20-11+,21-16+,23-10+. The average Bonchev–Trinajstić information content (AvgIpc) is 2.60. The molecule has 0 aromatic rings. The van der Waals surface area contributed by atoms with Gasteiger partial charge in [-0.25, -0.2) is 0 Å². The summed E-state index contributed by atoms with van der Waals surface area (Å²) in [6, 6.07) is 0. The summed E-state index contributed by atoms with van der Waals surface area (Å²) in [5.74, 6) is 1.08. The van der Waals surface area contributed by atoms with E-state index in [0.717, 1.165) is 18.5 Å². The molecule has 0 atom stereocenters. The van der Waals surface area contributed by atoms with Crippen LogP contribution < -0.4 is 0 Å². The molecule has 1 aliphatic carbocycles. The van der Waals surface area contributed by atoms with Crippen LogP contribution >= 0.6 is 0 Å². The molecule has 0 saturated carbocycles. The molecule has 0 amide bonds. The highest BCUT2D eigenvalue weighted by Gasteiger charge is 2.26. The maximum atomic E-state index is 5.78. The Morgan fingerprint density at radius 1 is 1.15 bits per heavy atom. The van der Waals surface area contributed by atoms with Gasteiger partial charge < -0.3 is 4.74 Å². The smallest absolute Gasteiger partial charge is 0.111 e. The lowest BCUT2D eigenvalue weighted by Crippen LogP contribution is -2.19. The molecule has 0 spiro atoms. The second-order valence-electron chi connectivity index (χ2n) is 8.23. The van der Waals surface area contributed by atoms with E-state index in [0.29, 0.717) is 12.0 Å². The van der Waals surface area contributed by atoms with Crippen molar-refractivity contribution in [2.45, 2.75) is 73.5 Å². The van der Waals surface area contributed by atoms with Crippen molar-refractivity contribution in [3.05, 3.63) is 70.6 Å². The Bertz CT molecular complexity index is 654. The van der Waals surface area contributed by atoms with Crippen LogP contribution in [0.2, 0.25) is 6.32 Å². The topological polar surface area (TPSA) is 9.23 Å². The lowest BCUT2D eigenvalue weighted by molar-refractivity contribution is 0.248. The minimum absolute atomic E-state index is 0.303. The zero-order chi connectivity index (χ0) is 20.3. The molecular formula is C25H39BO. The predicted molar refractivity (Wildman–Crippen MR) is 124 cm³/mol. The van der Waals surface area contributed by atoms with Crippen molar-refractivity contribution in [3.63, 3.8) is 0 Å². The van der Waals surface area contributed by atoms with Crippen LogP contribution in [0.25, 0.3) is 0 Å². The van der Waals surface area contributed by atoms with Crippen molar-refractivity contribution in [1.29, 1.82) is 0 Å². The Morgan fingerprint density at radius 2 is 1.89 bits per heavy atom.